The maximum Gasteiger partial charge on any atom is 0.132 e. The number of pyridine rings is 1. The van der Waals surface area contributed by atoms with Crippen molar-refractivity contribution in [3.05, 3.63) is 23.9 Å². The van der Waals surface area contributed by atoms with Crippen LogP contribution in [0.15, 0.2) is 23.3 Å². The zero-order valence-electron chi connectivity index (χ0n) is 7.53. The van der Waals surface area contributed by atoms with E-state index in [0.29, 0.717) is 5.82 Å². The second kappa shape index (κ2) is 3.56. The molecule has 0 saturated heterocycles. The van der Waals surface area contributed by atoms with Crippen molar-refractivity contribution in [2.45, 2.75) is 19.3 Å². The average molecular weight is 175 g/mol. The van der Waals surface area contributed by atoms with Gasteiger partial charge in [-0.15, -0.1) is 0 Å². The topological polar surface area (TPSA) is 51.3 Å². The van der Waals surface area contributed by atoms with E-state index in [1.807, 2.05) is 12.1 Å². The van der Waals surface area contributed by atoms with Crippen LogP contribution in [-0.2, 0) is 0 Å². The highest BCUT2D eigenvalue weighted by Crippen LogP contribution is 2.16. The zero-order chi connectivity index (χ0) is 9.10. The Labute approximate surface area is 77.7 Å². The van der Waals surface area contributed by atoms with Crippen molar-refractivity contribution in [3.8, 4) is 0 Å². The van der Waals surface area contributed by atoms with Gasteiger partial charge in [0.25, 0.3) is 0 Å². The van der Waals surface area contributed by atoms with Crippen LogP contribution < -0.4 is 5.73 Å². The molecule has 0 radical (unpaired) electrons. The Balaban J connectivity index is 2.34. The fourth-order valence-corrected chi connectivity index (χ4v) is 1.58. The first-order chi connectivity index (χ1) is 6.38. The SMILES string of the molecule is Nc1ncccc1C1=NCCCC1. The molecular formula is C10H13N3. The van der Waals surface area contributed by atoms with Gasteiger partial charge in [-0.05, 0) is 31.4 Å². The predicted molar refractivity (Wildman–Crippen MR) is 53.9 cm³/mol. The number of nitrogen functional groups attached to an aromatic ring is 1. The monoisotopic (exact) mass is 175 g/mol. The molecule has 2 rings (SSSR count). The van der Waals surface area contributed by atoms with Crippen LogP contribution in [0.3, 0.4) is 0 Å². The molecule has 0 spiro atoms. The highest BCUT2D eigenvalue weighted by atomic mass is 14.8. The van der Waals surface area contributed by atoms with Crippen LogP contribution in [0.25, 0.3) is 0 Å². The van der Waals surface area contributed by atoms with Crippen molar-refractivity contribution < 1.29 is 0 Å². The second-order valence-electron chi connectivity index (χ2n) is 3.22. The molecule has 1 aromatic heterocycles. The largest absolute Gasteiger partial charge is 0.383 e. The standard InChI is InChI=1S/C10H13N3/c11-10-8(4-3-7-13-10)9-5-1-2-6-12-9/h3-4,7H,1-2,5-6H2,(H2,11,13). The van der Waals surface area contributed by atoms with Crippen molar-refractivity contribution in [2.24, 2.45) is 4.99 Å². The number of nitrogens with two attached hydrogens (primary N) is 1. The molecular weight excluding hydrogens is 162 g/mol. The smallest absolute Gasteiger partial charge is 0.132 e. The molecule has 0 aromatic carbocycles. The highest BCUT2D eigenvalue weighted by molar-refractivity contribution is 6.04. The first-order valence-electron chi connectivity index (χ1n) is 4.62. The van der Waals surface area contributed by atoms with Crippen LogP contribution in [-0.4, -0.2) is 17.2 Å². The molecule has 0 atom stereocenters. The van der Waals surface area contributed by atoms with E-state index in [1.165, 1.54) is 12.8 Å². The van der Waals surface area contributed by atoms with Gasteiger partial charge in [0.1, 0.15) is 5.82 Å². The minimum absolute atomic E-state index is 0.600. The zero-order valence-corrected chi connectivity index (χ0v) is 7.53. The normalized spacial score (nSPS) is 16.8. The lowest BCUT2D eigenvalue weighted by molar-refractivity contribution is 0.738. The van der Waals surface area contributed by atoms with Crippen LogP contribution in [0.4, 0.5) is 5.82 Å². The highest BCUT2D eigenvalue weighted by Gasteiger charge is 2.10. The summed E-state index contributed by atoms with van der Waals surface area (Å²) >= 11 is 0. The van der Waals surface area contributed by atoms with Crippen molar-refractivity contribution in [3.63, 3.8) is 0 Å². The minimum Gasteiger partial charge on any atom is -0.383 e. The predicted octanol–water partition coefficient (Wildman–Crippen LogP) is 1.64. The summed E-state index contributed by atoms with van der Waals surface area (Å²) in [7, 11) is 0. The van der Waals surface area contributed by atoms with E-state index in [1.54, 1.807) is 6.20 Å². The number of rotatable bonds is 1. The van der Waals surface area contributed by atoms with E-state index >= 15 is 0 Å². The van der Waals surface area contributed by atoms with Crippen molar-refractivity contribution >= 4 is 11.5 Å². The van der Waals surface area contributed by atoms with Crippen LogP contribution >= 0.6 is 0 Å². The lowest BCUT2D eigenvalue weighted by Gasteiger charge is -2.12. The molecule has 13 heavy (non-hydrogen) atoms. The molecule has 3 nitrogen and oxygen atoms in total. The van der Waals surface area contributed by atoms with Crippen molar-refractivity contribution in [1.29, 1.82) is 0 Å². The quantitative estimate of drug-likeness (QED) is 0.705. The molecule has 3 heteroatoms. The molecule has 2 heterocycles. The molecule has 1 aliphatic heterocycles. The third-order valence-electron chi connectivity index (χ3n) is 2.27. The molecule has 0 saturated carbocycles. The van der Waals surface area contributed by atoms with Gasteiger partial charge in [0.2, 0.25) is 0 Å². The van der Waals surface area contributed by atoms with Crippen LogP contribution in [0.5, 0.6) is 0 Å². The molecule has 0 fully saturated rings. The van der Waals surface area contributed by atoms with Crippen molar-refractivity contribution in [1.82, 2.24) is 4.98 Å². The third kappa shape index (κ3) is 1.69. The van der Waals surface area contributed by atoms with E-state index in [4.69, 9.17) is 5.73 Å². The van der Waals surface area contributed by atoms with Gasteiger partial charge in [0.05, 0.1) is 0 Å². The Morgan fingerprint density at radius 3 is 2.92 bits per heavy atom. The Morgan fingerprint density at radius 2 is 2.23 bits per heavy atom. The summed E-state index contributed by atoms with van der Waals surface area (Å²) in [5.74, 6) is 0.600. The van der Waals surface area contributed by atoms with Crippen LogP contribution in [0.1, 0.15) is 24.8 Å². The fourth-order valence-electron chi connectivity index (χ4n) is 1.58. The van der Waals surface area contributed by atoms with Gasteiger partial charge < -0.3 is 5.73 Å². The molecule has 1 aliphatic rings. The molecule has 2 N–H and O–H groups in total. The van der Waals surface area contributed by atoms with E-state index in [0.717, 1.165) is 24.2 Å². The molecule has 0 amide bonds. The third-order valence-corrected chi connectivity index (χ3v) is 2.27. The summed E-state index contributed by atoms with van der Waals surface area (Å²) < 4.78 is 0. The van der Waals surface area contributed by atoms with E-state index in [-0.39, 0.29) is 0 Å². The maximum atomic E-state index is 5.76. The maximum absolute atomic E-state index is 5.76. The Morgan fingerprint density at radius 1 is 1.31 bits per heavy atom. The van der Waals surface area contributed by atoms with E-state index < -0.39 is 0 Å². The molecule has 0 unspecified atom stereocenters. The van der Waals surface area contributed by atoms with Crippen molar-refractivity contribution in [2.75, 3.05) is 12.3 Å². The molecule has 68 valence electrons. The van der Waals surface area contributed by atoms with Crippen LogP contribution in [0.2, 0.25) is 0 Å². The lowest BCUT2D eigenvalue weighted by Crippen LogP contribution is -2.10. The Kier molecular flexibility index (Phi) is 2.25. The van der Waals surface area contributed by atoms with Gasteiger partial charge in [-0.3, -0.25) is 4.99 Å². The lowest BCUT2D eigenvalue weighted by atomic mass is 10.0. The van der Waals surface area contributed by atoms with Gasteiger partial charge in [0.15, 0.2) is 0 Å². The number of nitrogens with zero attached hydrogens (tertiary/aromatic N) is 2. The Hall–Kier alpha value is -1.38. The van der Waals surface area contributed by atoms with Gasteiger partial charge >= 0.3 is 0 Å². The minimum atomic E-state index is 0.600. The Bertz CT molecular complexity index is 331. The van der Waals surface area contributed by atoms with Gasteiger partial charge in [0, 0.05) is 24.0 Å². The summed E-state index contributed by atoms with van der Waals surface area (Å²) in [6.07, 6.45) is 5.16. The molecule has 1 aromatic rings. The van der Waals surface area contributed by atoms with Gasteiger partial charge in [-0.1, -0.05) is 0 Å². The molecule has 0 aliphatic carbocycles. The number of aliphatic imine (C=N–C) groups is 1. The van der Waals surface area contributed by atoms with E-state index in [2.05, 4.69) is 9.98 Å². The van der Waals surface area contributed by atoms with E-state index in [9.17, 15) is 0 Å². The summed E-state index contributed by atoms with van der Waals surface area (Å²) in [5, 5.41) is 0. The summed E-state index contributed by atoms with van der Waals surface area (Å²) in [6.45, 7) is 0.934. The molecule has 0 bridgehead atoms. The second-order valence-corrected chi connectivity index (χ2v) is 3.22. The number of hydrogen-bond donors (Lipinski definition) is 1. The summed E-state index contributed by atoms with van der Waals surface area (Å²) in [6, 6.07) is 3.90. The van der Waals surface area contributed by atoms with Gasteiger partial charge in [-0.25, -0.2) is 4.98 Å². The number of hydrogen-bond acceptors (Lipinski definition) is 3. The first-order valence-corrected chi connectivity index (χ1v) is 4.62. The van der Waals surface area contributed by atoms with Gasteiger partial charge in [-0.2, -0.15) is 0 Å². The number of anilines is 1. The fraction of sp³-hybridized carbons (Fsp3) is 0.400. The summed E-state index contributed by atoms with van der Waals surface area (Å²) in [4.78, 5) is 8.51. The van der Waals surface area contributed by atoms with Crippen LogP contribution in [0, 0.1) is 0 Å². The summed E-state index contributed by atoms with van der Waals surface area (Å²) in [5.41, 5.74) is 7.90. The number of aromatic nitrogens is 1. The average Bonchev–Trinajstić information content (AvgIpc) is 2.20. The first kappa shape index (κ1) is 8.23.